The molecule has 16 heavy (non-hydrogen) atoms. The van der Waals surface area contributed by atoms with Crippen LogP contribution in [-0.2, 0) is 0 Å². The zero-order valence-corrected chi connectivity index (χ0v) is 10.1. The standard InChI is InChI=1S/C10H16N4OS/c1-16-10-12-8(11)4-9(13-10)14-3-2-7(5-14)6-15/h4,7,15H,2-3,5-6H2,1H3,(H2,11,12,13). The first-order valence-electron chi connectivity index (χ1n) is 5.27. The number of anilines is 2. The van der Waals surface area contributed by atoms with E-state index in [0.717, 1.165) is 25.3 Å². The third kappa shape index (κ3) is 2.38. The fourth-order valence-electron chi connectivity index (χ4n) is 1.87. The third-order valence-electron chi connectivity index (χ3n) is 2.76. The van der Waals surface area contributed by atoms with Crippen molar-refractivity contribution >= 4 is 23.4 Å². The van der Waals surface area contributed by atoms with Crippen LogP contribution in [0.4, 0.5) is 11.6 Å². The minimum absolute atomic E-state index is 0.243. The summed E-state index contributed by atoms with van der Waals surface area (Å²) in [4.78, 5) is 10.7. The van der Waals surface area contributed by atoms with E-state index >= 15 is 0 Å². The molecule has 1 saturated heterocycles. The normalized spacial score (nSPS) is 20.4. The molecule has 0 aliphatic carbocycles. The van der Waals surface area contributed by atoms with Crippen molar-refractivity contribution in [2.75, 3.05) is 36.6 Å². The summed E-state index contributed by atoms with van der Waals surface area (Å²) in [6.45, 7) is 2.02. The maximum absolute atomic E-state index is 9.10. The van der Waals surface area contributed by atoms with Crippen molar-refractivity contribution in [3.63, 3.8) is 0 Å². The van der Waals surface area contributed by atoms with Crippen LogP contribution in [0.3, 0.4) is 0 Å². The third-order valence-corrected chi connectivity index (χ3v) is 3.31. The number of aliphatic hydroxyl groups is 1. The Morgan fingerprint density at radius 2 is 2.44 bits per heavy atom. The molecule has 0 amide bonds. The lowest BCUT2D eigenvalue weighted by Gasteiger charge is -2.17. The van der Waals surface area contributed by atoms with E-state index in [2.05, 4.69) is 14.9 Å². The van der Waals surface area contributed by atoms with Gasteiger partial charge in [0.05, 0.1) is 0 Å². The van der Waals surface area contributed by atoms with Crippen molar-refractivity contribution in [3.8, 4) is 0 Å². The van der Waals surface area contributed by atoms with Crippen LogP contribution < -0.4 is 10.6 Å². The summed E-state index contributed by atoms with van der Waals surface area (Å²) in [5.41, 5.74) is 5.73. The summed E-state index contributed by atoms with van der Waals surface area (Å²) in [7, 11) is 0. The molecule has 2 heterocycles. The van der Waals surface area contributed by atoms with E-state index in [9.17, 15) is 0 Å². The average molecular weight is 240 g/mol. The first-order chi connectivity index (χ1) is 7.72. The highest BCUT2D eigenvalue weighted by Crippen LogP contribution is 2.24. The van der Waals surface area contributed by atoms with Crippen molar-refractivity contribution in [3.05, 3.63) is 6.07 Å². The van der Waals surface area contributed by atoms with Crippen LogP contribution in [-0.4, -0.2) is 41.0 Å². The van der Waals surface area contributed by atoms with Gasteiger partial charge in [0.1, 0.15) is 11.6 Å². The van der Waals surface area contributed by atoms with Gasteiger partial charge in [-0.2, -0.15) is 0 Å². The lowest BCUT2D eigenvalue weighted by atomic mass is 10.1. The predicted molar refractivity (Wildman–Crippen MR) is 65.6 cm³/mol. The van der Waals surface area contributed by atoms with Gasteiger partial charge >= 0.3 is 0 Å². The van der Waals surface area contributed by atoms with Crippen LogP contribution in [0.5, 0.6) is 0 Å². The van der Waals surface area contributed by atoms with Gasteiger partial charge < -0.3 is 15.7 Å². The molecule has 0 saturated carbocycles. The second kappa shape index (κ2) is 4.88. The number of nitrogen functional groups attached to an aromatic ring is 1. The smallest absolute Gasteiger partial charge is 0.191 e. The van der Waals surface area contributed by atoms with E-state index in [1.54, 1.807) is 6.07 Å². The highest BCUT2D eigenvalue weighted by molar-refractivity contribution is 7.98. The van der Waals surface area contributed by atoms with Gasteiger partial charge in [0.2, 0.25) is 0 Å². The fraction of sp³-hybridized carbons (Fsp3) is 0.600. The lowest BCUT2D eigenvalue weighted by Crippen LogP contribution is -2.22. The van der Waals surface area contributed by atoms with Gasteiger partial charge in [-0.1, -0.05) is 11.8 Å². The molecule has 5 nitrogen and oxygen atoms in total. The van der Waals surface area contributed by atoms with Crippen LogP contribution >= 0.6 is 11.8 Å². The molecule has 0 aromatic carbocycles. The van der Waals surface area contributed by atoms with Crippen LogP contribution in [0.1, 0.15) is 6.42 Å². The van der Waals surface area contributed by atoms with E-state index in [1.807, 2.05) is 6.26 Å². The zero-order valence-electron chi connectivity index (χ0n) is 9.26. The molecule has 0 spiro atoms. The van der Waals surface area contributed by atoms with Gasteiger partial charge in [-0.15, -0.1) is 0 Å². The number of thioether (sulfide) groups is 1. The van der Waals surface area contributed by atoms with Crippen LogP contribution in [0, 0.1) is 5.92 Å². The molecule has 0 radical (unpaired) electrons. The average Bonchev–Trinajstić information content (AvgIpc) is 2.76. The number of hydrogen-bond donors (Lipinski definition) is 2. The fourth-order valence-corrected chi connectivity index (χ4v) is 2.25. The Labute approximate surface area is 99.1 Å². The Balaban J connectivity index is 2.17. The number of aromatic nitrogens is 2. The second-order valence-electron chi connectivity index (χ2n) is 3.92. The minimum atomic E-state index is 0.243. The first-order valence-corrected chi connectivity index (χ1v) is 6.49. The summed E-state index contributed by atoms with van der Waals surface area (Å²) < 4.78 is 0. The first kappa shape index (κ1) is 11.5. The molecule has 6 heteroatoms. The highest BCUT2D eigenvalue weighted by atomic mass is 32.2. The summed E-state index contributed by atoms with van der Waals surface area (Å²) >= 11 is 1.48. The van der Waals surface area contributed by atoms with Crippen molar-refractivity contribution in [2.45, 2.75) is 11.6 Å². The molecule has 2 rings (SSSR count). The molecule has 88 valence electrons. The predicted octanol–water partition coefficient (Wildman–Crippen LogP) is 0.599. The summed E-state index contributed by atoms with van der Waals surface area (Å²) in [6, 6.07) is 1.79. The van der Waals surface area contributed by atoms with Gasteiger partial charge in [-0.25, -0.2) is 9.97 Å². The van der Waals surface area contributed by atoms with Crippen LogP contribution in [0.15, 0.2) is 11.2 Å². The molecular formula is C10H16N4OS. The Kier molecular flexibility index (Phi) is 3.50. The number of nitrogens with zero attached hydrogens (tertiary/aromatic N) is 3. The summed E-state index contributed by atoms with van der Waals surface area (Å²) in [5, 5.41) is 9.79. The SMILES string of the molecule is CSc1nc(N)cc(N2CCC(CO)C2)n1. The summed E-state index contributed by atoms with van der Waals surface area (Å²) in [5.74, 6) is 1.73. The largest absolute Gasteiger partial charge is 0.396 e. The molecule has 1 aliphatic heterocycles. The Morgan fingerprint density at radius 3 is 3.06 bits per heavy atom. The molecule has 1 aromatic heterocycles. The van der Waals surface area contributed by atoms with Gasteiger partial charge in [-0.05, 0) is 12.7 Å². The van der Waals surface area contributed by atoms with E-state index < -0.39 is 0 Å². The Hall–Kier alpha value is -1.01. The Bertz CT molecular complexity index is 374. The number of nitrogens with two attached hydrogens (primary N) is 1. The van der Waals surface area contributed by atoms with E-state index in [4.69, 9.17) is 10.8 Å². The van der Waals surface area contributed by atoms with E-state index in [1.165, 1.54) is 11.8 Å². The number of aliphatic hydroxyl groups excluding tert-OH is 1. The van der Waals surface area contributed by atoms with Gasteiger partial charge in [0.15, 0.2) is 5.16 Å². The van der Waals surface area contributed by atoms with Gasteiger partial charge in [0, 0.05) is 31.7 Å². The van der Waals surface area contributed by atoms with E-state index in [-0.39, 0.29) is 6.61 Å². The van der Waals surface area contributed by atoms with Crippen molar-refractivity contribution in [1.82, 2.24) is 9.97 Å². The molecule has 1 aromatic rings. The minimum Gasteiger partial charge on any atom is -0.396 e. The zero-order chi connectivity index (χ0) is 11.5. The molecule has 0 bridgehead atoms. The number of rotatable bonds is 3. The van der Waals surface area contributed by atoms with Gasteiger partial charge in [0.25, 0.3) is 0 Å². The van der Waals surface area contributed by atoms with E-state index in [0.29, 0.717) is 16.9 Å². The monoisotopic (exact) mass is 240 g/mol. The summed E-state index contributed by atoms with van der Waals surface area (Å²) in [6.07, 6.45) is 2.94. The molecule has 3 N–H and O–H groups in total. The molecule has 1 aliphatic rings. The van der Waals surface area contributed by atoms with Crippen molar-refractivity contribution in [1.29, 1.82) is 0 Å². The van der Waals surface area contributed by atoms with Crippen LogP contribution in [0.2, 0.25) is 0 Å². The maximum atomic E-state index is 9.10. The molecule has 1 unspecified atom stereocenters. The highest BCUT2D eigenvalue weighted by Gasteiger charge is 2.23. The maximum Gasteiger partial charge on any atom is 0.191 e. The molecule has 1 atom stereocenters. The van der Waals surface area contributed by atoms with Crippen LogP contribution in [0.25, 0.3) is 0 Å². The van der Waals surface area contributed by atoms with Gasteiger partial charge in [-0.3, -0.25) is 0 Å². The Morgan fingerprint density at radius 1 is 1.62 bits per heavy atom. The van der Waals surface area contributed by atoms with Crippen molar-refractivity contribution < 1.29 is 5.11 Å². The second-order valence-corrected chi connectivity index (χ2v) is 4.69. The molecular weight excluding hydrogens is 224 g/mol. The molecule has 1 fully saturated rings. The topological polar surface area (TPSA) is 75.3 Å². The lowest BCUT2D eigenvalue weighted by molar-refractivity contribution is 0.238. The van der Waals surface area contributed by atoms with Crippen molar-refractivity contribution in [2.24, 2.45) is 5.92 Å². The quantitative estimate of drug-likeness (QED) is 0.595. The number of hydrogen-bond acceptors (Lipinski definition) is 6.